The summed E-state index contributed by atoms with van der Waals surface area (Å²) >= 11 is 7.19. The fourth-order valence-corrected chi connectivity index (χ4v) is 5.47. The number of nitrogens with zero attached hydrogens (tertiary/aromatic N) is 1. The molecule has 7 nitrogen and oxygen atoms in total. The summed E-state index contributed by atoms with van der Waals surface area (Å²) in [7, 11) is 3.05. The minimum Gasteiger partial charge on any atom is -0.497 e. The van der Waals surface area contributed by atoms with E-state index in [9.17, 15) is 14.4 Å². The van der Waals surface area contributed by atoms with Crippen LogP contribution in [0.5, 0.6) is 11.5 Å². The molecule has 2 aliphatic rings. The minimum absolute atomic E-state index is 0.136. The zero-order valence-corrected chi connectivity index (χ0v) is 20.7. The molecule has 2 aromatic rings. The van der Waals surface area contributed by atoms with Crippen LogP contribution in [0.4, 0.5) is 11.4 Å². The molecular formula is C23H22Br2N2O5. The van der Waals surface area contributed by atoms with E-state index in [0.29, 0.717) is 41.3 Å². The van der Waals surface area contributed by atoms with Crippen molar-refractivity contribution in [1.82, 2.24) is 0 Å². The Labute approximate surface area is 202 Å². The van der Waals surface area contributed by atoms with Crippen LogP contribution in [0.1, 0.15) is 23.2 Å². The smallest absolute Gasteiger partial charge is 0.255 e. The summed E-state index contributed by atoms with van der Waals surface area (Å²) in [4.78, 5) is 40.5. The molecule has 1 saturated carbocycles. The molecule has 1 aliphatic heterocycles. The van der Waals surface area contributed by atoms with Crippen molar-refractivity contribution < 1.29 is 23.9 Å². The van der Waals surface area contributed by atoms with E-state index in [1.807, 2.05) is 0 Å². The number of fused-ring (bicyclic) bond motifs is 1. The molecule has 1 heterocycles. The van der Waals surface area contributed by atoms with E-state index in [1.54, 1.807) is 49.6 Å². The zero-order chi connectivity index (χ0) is 23.0. The molecule has 4 atom stereocenters. The van der Waals surface area contributed by atoms with Crippen molar-refractivity contribution in [2.75, 3.05) is 24.4 Å². The Balaban J connectivity index is 1.57. The lowest BCUT2D eigenvalue weighted by Crippen LogP contribution is -2.34. The van der Waals surface area contributed by atoms with Crippen LogP contribution >= 0.6 is 31.9 Å². The predicted molar refractivity (Wildman–Crippen MR) is 128 cm³/mol. The van der Waals surface area contributed by atoms with Gasteiger partial charge in [0.2, 0.25) is 11.8 Å². The number of rotatable bonds is 5. The fraction of sp³-hybridized carbons (Fsp3) is 0.348. The van der Waals surface area contributed by atoms with E-state index in [0.717, 1.165) is 0 Å². The Bertz CT molecular complexity index is 1050. The highest BCUT2D eigenvalue weighted by Gasteiger charge is 2.52. The first kappa shape index (κ1) is 22.8. The number of anilines is 2. The lowest BCUT2D eigenvalue weighted by atomic mass is 9.81. The number of amides is 3. The van der Waals surface area contributed by atoms with Gasteiger partial charge in [0.1, 0.15) is 11.5 Å². The van der Waals surface area contributed by atoms with E-state index < -0.39 is 0 Å². The highest BCUT2D eigenvalue weighted by atomic mass is 79.9. The van der Waals surface area contributed by atoms with Crippen molar-refractivity contribution in [1.29, 1.82) is 0 Å². The first-order valence-corrected chi connectivity index (χ1v) is 12.0. The van der Waals surface area contributed by atoms with Gasteiger partial charge in [-0.2, -0.15) is 0 Å². The number of carbonyl (C=O) groups is 3. The molecule has 0 bridgehead atoms. The molecule has 4 rings (SSSR count). The summed E-state index contributed by atoms with van der Waals surface area (Å²) in [6, 6.07) is 11.6. The van der Waals surface area contributed by atoms with Crippen molar-refractivity contribution in [3.63, 3.8) is 0 Å². The van der Waals surface area contributed by atoms with E-state index in [-0.39, 0.29) is 39.2 Å². The molecule has 1 aliphatic carbocycles. The lowest BCUT2D eigenvalue weighted by molar-refractivity contribution is -0.122. The largest absolute Gasteiger partial charge is 0.497 e. The molecule has 32 heavy (non-hydrogen) atoms. The Kier molecular flexibility index (Phi) is 6.57. The standard InChI is InChI=1S/C23H22Br2N2O5/c1-31-14-6-7-19(20(9-14)32-2)26-21(28)12-4-3-5-13(8-12)27-22(29)15-10-17(24)18(25)11-16(15)23(27)30/h3-9,15-18H,10-11H2,1-2H3,(H,26,28)/t15-,16-,17+,18+/m1/s1. The molecule has 2 aromatic carbocycles. The molecule has 1 N–H and O–H groups in total. The van der Waals surface area contributed by atoms with Gasteiger partial charge in [0.05, 0.1) is 37.4 Å². The maximum absolute atomic E-state index is 13.1. The second kappa shape index (κ2) is 9.23. The maximum Gasteiger partial charge on any atom is 0.255 e. The molecule has 3 amide bonds. The number of carbonyl (C=O) groups excluding carboxylic acids is 3. The van der Waals surface area contributed by atoms with Crippen molar-refractivity contribution in [2.24, 2.45) is 11.8 Å². The summed E-state index contributed by atoms with van der Waals surface area (Å²) in [6.07, 6.45) is 1.19. The molecule has 0 aromatic heterocycles. The quantitative estimate of drug-likeness (QED) is 0.429. The molecule has 1 saturated heterocycles. The van der Waals surface area contributed by atoms with Gasteiger partial charge in [0.15, 0.2) is 0 Å². The van der Waals surface area contributed by atoms with Gasteiger partial charge in [0, 0.05) is 21.3 Å². The van der Waals surface area contributed by atoms with Crippen molar-refractivity contribution in [3.8, 4) is 11.5 Å². The minimum atomic E-state index is -0.382. The van der Waals surface area contributed by atoms with Crippen LogP contribution in [0.25, 0.3) is 0 Å². The number of benzene rings is 2. The molecule has 168 valence electrons. The van der Waals surface area contributed by atoms with Crippen LogP contribution in [-0.4, -0.2) is 41.6 Å². The normalized spacial score (nSPS) is 24.8. The fourth-order valence-electron chi connectivity index (χ4n) is 4.23. The first-order chi connectivity index (χ1) is 15.3. The van der Waals surface area contributed by atoms with Crippen LogP contribution in [0, 0.1) is 11.8 Å². The topological polar surface area (TPSA) is 84.9 Å². The number of nitrogens with one attached hydrogen (secondary N) is 1. The molecule has 0 radical (unpaired) electrons. The van der Waals surface area contributed by atoms with Crippen LogP contribution in [0.2, 0.25) is 0 Å². The molecule has 0 unspecified atom stereocenters. The van der Waals surface area contributed by atoms with Gasteiger partial charge < -0.3 is 14.8 Å². The third-order valence-corrected chi connectivity index (χ3v) is 8.67. The second-order valence-corrected chi connectivity index (χ2v) is 10.2. The molecular weight excluding hydrogens is 544 g/mol. The van der Waals surface area contributed by atoms with Crippen LogP contribution in [0.15, 0.2) is 42.5 Å². The zero-order valence-electron chi connectivity index (χ0n) is 17.5. The highest BCUT2D eigenvalue weighted by molar-refractivity contribution is 9.12. The Morgan fingerprint density at radius 1 is 0.969 bits per heavy atom. The number of hydrogen-bond acceptors (Lipinski definition) is 5. The summed E-state index contributed by atoms with van der Waals surface area (Å²) < 4.78 is 10.5. The summed E-state index contributed by atoms with van der Waals surface area (Å²) in [5, 5.41) is 2.81. The molecule has 0 spiro atoms. The van der Waals surface area contributed by atoms with Crippen molar-refractivity contribution in [3.05, 3.63) is 48.0 Å². The maximum atomic E-state index is 13.1. The highest BCUT2D eigenvalue weighted by Crippen LogP contribution is 2.44. The van der Waals surface area contributed by atoms with E-state index in [2.05, 4.69) is 37.2 Å². The number of ether oxygens (including phenoxy) is 2. The monoisotopic (exact) mass is 564 g/mol. The van der Waals surface area contributed by atoms with Gasteiger partial charge in [-0.15, -0.1) is 0 Å². The van der Waals surface area contributed by atoms with E-state index in [1.165, 1.54) is 12.0 Å². The second-order valence-electron chi connectivity index (χ2n) is 7.80. The van der Waals surface area contributed by atoms with Crippen LogP contribution < -0.4 is 19.7 Å². The van der Waals surface area contributed by atoms with E-state index >= 15 is 0 Å². The first-order valence-electron chi connectivity index (χ1n) is 10.1. The Hall–Kier alpha value is -2.39. The average Bonchev–Trinajstić information content (AvgIpc) is 3.03. The third kappa shape index (κ3) is 4.15. The number of methoxy groups -OCH3 is 2. The number of imide groups is 1. The number of halogens is 2. The Morgan fingerprint density at radius 3 is 2.22 bits per heavy atom. The molecule has 9 heteroatoms. The van der Waals surface area contributed by atoms with Crippen LogP contribution in [0.3, 0.4) is 0 Å². The number of hydrogen-bond donors (Lipinski definition) is 1. The van der Waals surface area contributed by atoms with Gasteiger partial charge in [-0.3, -0.25) is 19.3 Å². The van der Waals surface area contributed by atoms with Crippen molar-refractivity contribution >= 4 is 61.0 Å². The average molecular weight is 566 g/mol. The summed E-state index contributed by atoms with van der Waals surface area (Å²) in [5.74, 6) is -0.435. The Morgan fingerprint density at radius 2 is 1.62 bits per heavy atom. The van der Waals surface area contributed by atoms with Gasteiger partial charge in [-0.25, -0.2) is 0 Å². The molecule has 2 fully saturated rings. The summed E-state index contributed by atoms with van der Waals surface area (Å²) in [5.41, 5.74) is 1.21. The van der Waals surface area contributed by atoms with Crippen LogP contribution in [-0.2, 0) is 9.59 Å². The van der Waals surface area contributed by atoms with Gasteiger partial charge in [-0.1, -0.05) is 37.9 Å². The predicted octanol–water partition coefficient (Wildman–Crippen LogP) is 4.38. The van der Waals surface area contributed by atoms with Gasteiger partial charge in [0.25, 0.3) is 5.91 Å². The van der Waals surface area contributed by atoms with Gasteiger partial charge in [-0.05, 0) is 43.2 Å². The number of alkyl halides is 2. The third-order valence-electron chi connectivity index (χ3n) is 5.93. The SMILES string of the molecule is COc1ccc(NC(=O)c2cccc(N3C(=O)[C@@H]4C[C@H](Br)[C@@H](Br)C[C@H]4C3=O)c2)c(OC)c1. The lowest BCUT2D eigenvalue weighted by Gasteiger charge is -2.29. The van der Waals surface area contributed by atoms with E-state index in [4.69, 9.17) is 9.47 Å². The van der Waals surface area contributed by atoms with Gasteiger partial charge >= 0.3 is 0 Å². The van der Waals surface area contributed by atoms with Crippen molar-refractivity contribution in [2.45, 2.75) is 22.5 Å². The summed E-state index contributed by atoms with van der Waals surface area (Å²) in [6.45, 7) is 0.